The minimum absolute atomic E-state index is 0. The van der Waals surface area contributed by atoms with Crippen molar-refractivity contribution in [3.8, 4) is 5.75 Å². The van der Waals surface area contributed by atoms with Gasteiger partial charge < -0.3 is 15.9 Å². The van der Waals surface area contributed by atoms with E-state index in [0.717, 1.165) is 4.47 Å². The first kappa shape index (κ1) is 15.2. The first-order valence-electron chi connectivity index (χ1n) is 4.11. The molecule has 15 heavy (non-hydrogen) atoms. The second-order valence-corrected chi connectivity index (χ2v) is 4.62. The minimum Gasteiger partial charge on any atom is -0.506 e. The third-order valence-corrected chi connectivity index (χ3v) is 3.26. The number of nitrogens with two attached hydrogens (primary N) is 1. The fraction of sp³-hybridized carbons (Fsp3) is 0.333. The average molecular weight is 361 g/mol. The van der Waals surface area contributed by atoms with Crippen molar-refractivity contribution >= 4 is 44.3 Å². The van der Waals surface area contributed by atoms with Crippen molar-refractivity contribution in [2.45, 2.75) is 12.5 Å². The van der Waals surface area contributed by atoms with E-state index < -0.39 is 0 Å². The molecule has 0 bridgehead atoms. The van der Waals surface area contributed by atoms with Crippen LogP contribution in [0.25, 0.3) is 0 Å². The highest BCUT2D eigenvalue weighted by molar-refractivity contribution is 9.11. The topological polar surface area (TPSA) is 66.5 Å². The Labute approximate surface area is 111 Å². The summed E-state index contributed by atoms with van der Waals surface area (Å²) in [7, 11) is 0. The van der Waals surface area contributed by atoms with E-state index in [0.29, 0.717) is 16.5 Å². The van der Waals surface area contributed by atoms with Crippen LogP contribution in [0, 0.1) is 0 Å². The maximum atomic E-state index is 9.74. The monoisotopic (exact) mass is 359 g/mol. The molecule has 0 aliphatic heterocycles. The van der Waals surface area contributed by atoms with Gasteiger partial charge in [-0.2, -0.15) is 0 Å². The summed E-state index contributed by atoms with van der Waals surface area (Å²) < 4.78 is 1.35. The molecule has 0 aliphatic rings. The number of hydrogen-bond donors (Lipinski definition) is 3. The predicted molar refractivity (Wildman–Crippen MR) is 69.4 cm³/mol. The molecule has 1 rings (SSSR count). The van der Waals surface area contributed by atoms with Crippen LogP contribution in [0.5, 0.6) is 5.75 Å². The lowest BCUT2D eigenvalue weighted by molar-refractivity contribution is 0.275. The van der Waals surface area contributed by atoms with Crippen LogP contribution in [0.15, 0.2) is 21.1 Å². The number of aliphatic hydroxyl groups is 1. The smallest absolute Gasteiger partial charge is 0.135 e. The second-order valence-electron chi connectivity index (χ2n) is 2.91. The van der Waals surface area contributed by atoms with Crippen LogP contribution in [0.2, 0.25) is 0 Å². The van der Waals surface area contributed by atoms with Gasteiger partial charge in [0.25, 0.3) is 0 Å². The summed E-state index contributed by atoms with van der Waals surface area (Å²) in [4.78, 5) is 0. The van der Waals surface area contributed by atoms with E-state index >= 15 is 0 Å². The Morgan fingerprint density at radius 2 is 1.80 bits per heavy atom. The molecule has 4 N–H and O–H groups in total. The molecule has 0 unspecified atom stereocenters. The Morgan fingerprint density at radius 3 is 2.33 bits per heavy atom. The van der Waals surface area contributed by atoms with Crippen LogP contribution in [0.3, 0.4) is 0 Å². The second kappa shape index (κ2) is 6.70. The third-order valence-electron chi connectivity index (χ3n) is 1.93. The lowest BCUT2D eigenvalue weighted by Crippen LogP contribution is -2.12. The first-order valence-corrected chi connectivity index (χ1v) is 5.69. The number of halogens is 3. The normalized spacial score (nSPS) is 12.0. The van der Waals surface area contributed by atoms with Gasteiger partial charge in [0.05, 0.1) is 4.47 Å². The van der Waals surface area contributed by atoms with Crippen LogP contribution in [0.1, 0.15) is 18.0 Å². The first-order chi connectivity index (χ1) is 6.57. The number of benzene rings is 1. The maximum absolute atomic E-state index is 9.74. The van der Waals surface area contributed by atoms with Gasteiger partial charge in [0.15, 0.2) is 0 Å². The lowest BCUT2D eigenvalue weighted by Gasteiger charge is -2.15. The molecule has 0 fully saturated rings. The molecule has 0 aliphatic carbocycles. The standard InChI is InChI=1S/C9H11Br2NO2.ClH/c10-5-1-2-6(11)9(14)8(5)7(12)3-4-13;/h1-2,7,13-14H,3-4,12H2;1H/t7-;/m1./s1. The Morgan fingerprint density at radius 1 is 1.27 bits per heavy atom. The minimum atomic E-state index is -0.369. The molecule has 6 heteroatoms. The summed E-state index contributed by atoms with van der Waals surface area (Å²) in [6.45, 7) is -0.000437. The molecule has 0 aromatic heterocycles. The van der Waals surface area contributed by atoms with Crippen molar-refractivity contribution in [3.63, 3.8) is 0 Å². The molecule has 0 heterocycles. The number of rotatable bonds is 3. The molecule has 0 radical (unpaired) electrons. The van der Waals surface area contributed by atoms with E-state index in [2.05, 4.69) is 31.9 Å². The molecule has 0 amide bonds. The third kappa shape index (κ3) is 3.60. The van der Waals surface area contributed by atoms with Gasteiger partial charge in [-0.05, 0) is 34.5 Å². The highest BCUT2D eigenvalue weighted by Gasteiger charge is 2.16. The maximum Gasteiger partial charge on any atom is 0.135 e. The molecule has 3 nitrogen and oxygen atoms in total. The fourth-order valence-electron chi connectivity index (χ4n) is 1.19. The van der Waals surface area contributed by atoms with E-state index in [1.165, 1.54) is 0 Å². The number of aromatic hydroxyl groups is 1. The van der Waals surface area contributed by atoms with Crippen LogP contribution in [-0.4, -0.2) is 16.8 Å². The summed E-state index contributed by atoms with van der Waals surface area (Å²) in [5, 5.41) is 18.5. The number of phenols is 1. The zero-order chi connectivity index (χ0) is 10.7. The van der Waals surface area contributed by atoms with Gasteiger partial charge in [0.1, 0.15) is 5.75 Å². The van der Waals surface area contributed by atoms with Crippen molar-refractivity contribution in [3.05, 3.63) is 26.6 Å². The van der Waals surface area contributed by atoms with Crippen LogP contribution in [0.4, 0.5) is 0 Å². The van der Waals surface area contributed by atoms with Crippen molar-refractivity contribution in [2.24, 2.45) is 5.73 Å². The number of hydrogen-bond acceptors (Lipinski definition) is 3. The Balaban J connectivity index is 0.00000196. The lowest BCUT2D eigenvalue weighted by atomic mass is 10.0. The molecule has 86 valence electrons. The molecule has 1 aromatic carbocycles. The van der Waals surface area contributed by atoms with E-state index in [4.69, 9.17) is 10.8 Å². The summed E-state index contributed by atoms with van der Waals surface area (Å²) in [6.07, 6.45) is 0.419. The molecule has 1 aromatic rings. The zero-order valence-corrected chi connectivity index (χ0v) is 11.8. The van der Waals surface area contributed by atoms with E-state index in [-0.39, 0.29) is 30.8 Å². The van der Waals surface area contributed by atoms with Crippen molar-refractivity contribution in [2.75, 3.05) is 6.61 Å². The van der Waals surface area contributed by atoms with Gasteiger partial charge in [-0.25, -0.2) is 0 Å². The Kier molecular flexibility index (Phi) is 6.79. The summed E-state index contributed by atoms with van der Waals surface area (Å²) >= 11 is 6.52. The Bertz CT molecular complexity index is 336. The summed E-state index contributed by atoms with van der Waals surface area (Å²) in [6, 6.07) is 3.16. The molecule has 0 spiro atoms. The SMILES string of the molecule is Cl.N[C@H](CCO)c1c(Br)ccc(Br)c1O. The molecular weight excluding hydrogens is 349 g/mol. The number of aliphatic hydroxyl groups excluding tert-OH is 1. The van der Waals surface area contributed by atoms with E-state index in [1.54, 1.807) is 12.1 Å². The van der Waals surface area contributed by atoms with Crippen molar-refractivity contribution in [1.29, 1.82) is 0 Å². The average Bonchev–Trinajstić information content (AvgIpc) is 2.13. The van der Waals surface area contributed by atoms with Crippen LogP contribution in [-0.2, 0) is 0 Å². The van der Waals surface area contributed by atoms with Crippen LogP contribution < -0.4 is 5.73 Å². The quantitative estimate of drug-likeness (QED) is 0.776. The Hall–Kier alpha value is 0.190. The summed E-state index contributed by atoms with van der Waals surface area (Å²) in [5.41, 5.74) is 6.42. The van der Waals surface area contributed by atoms with Crippen molar-refractivity contribution in [1.82, 2.24) is 0 Å². The highest BCUT2D eigenvalue weighted by Crippen LogP contribution is 2.37. The van der Waals surface area contributed by atoms with Gasteiger partial charge in [0.2, 0.25) is 0 Å². The highest BCUT2D eigenvalue weighted by atomic mass is 79.9. The van der Waals surface area contributed by atoms with Gasteiger partial charge in [-0.15, -0.1) is 12.4 Å². The fourth-order valence-corrected chi connectivity index (χ4v) is 2.15. The molecule has 0 saturated heterocycles. The number of phenolic OH excluding ortho intramolecular Hbond substituents is 1. The van der Waals surface area contributed by atoms with E-state index in [9.17, 15) is 5.11 Å². The predicted octanol–water partition coefficient (Wildman–Crippen LogP) is 2.72. The molecular formula is C9H12Br2ClNO2. The zero-order valence-electron chi connectivity index (χ0n) is 7.78. The summed E-state index contributed by atoms with van der Waals surface area (Å²) in [5.74, 6) is 0.125. The van der Waals surface area contributed by atoms with Gasteiger partial charge in [-0.1, -0.05) is 15.9 Å². The largest absolute Gasteiger partial charge is 0.506 e. The van der Waals surface area contributed by atoms with Gasteiger partial charge in [0, 0.05) is 22.7 Å². The van der Waals surface area contributed by atoms with E-state index in [1.807, 2.05) is 0 Å². The van der Waals surface area contributed by atoms with Crippen LogP contribution >= 0.6 is 44.3 Å². The van der Waals surface area contributed by atoms with Crippen molar-refractivity contribution < 1.29 is 10.2 Å². The molecule has 0 saturated carbocycles. The van der Waals surface area contributed by atoms with Gasteiger partial charge >= 0.3 is 0 Å². The van der Waals surface area contributed by atoms with Gasteiger partial charge in [-0.3, -0.25) is 0 Å². The molecule has 1 atom stereocenters.